The maximum Gasteiger partial charge on any atom is 0.263 e. The van der Waals surface area contributed by atoms with Gasteiger partial charge in [0, 0.05) is 16.6 Å². The van der Waals surface area contributed by atoms with E-state index in [2.05, 4.69) is 5.32 Å². The number of fused-ring (bicyclic) bond motifs is 1. The first-order chi connectivity index (χ1) is 13.2. The van der Waals surface area contributed by atoms with E-state index in [0.717, 1.165) is 29.0 Å². The van der Waals surface area contributed by atoms with Crippen molar-refractivity contribution in [2.75, 3.05) is 23.7 Å². The minimum atomic E-state index is -3.58. The molecule has 0 fully saturated rings. The molecule has 0 radical (unpaired) electrons. The van der Waals surface area contributed by atoms with Crippen LogP contribution in [-0.2, 0) is 21.2 Å². The number of carbonyl (C=O) groups is 1. The molecular formula is C19H20Cl2N2O4S. The fourth-order valence-corrected chi connectivity index (χ4v) is 4.14. The Hall–Kier alpha value is -1.96. The highest BCUT2D eigenvalue weighted by Gasteiger charge is 2.35. The third-order valence-corrected chi connectivity index (χ3v) is 5.97. The summed E-state index contributed by atoms with van der Waals surface area (Å²) in [6, 6.07) is 12.2. The van der Waals surface area contributed by atoms with Crippen LogP contribution in [0.5, 0.6) is 5.75 Å². The molecule has 0 saturated heterocycles. The number of halogens is 2. The summed E-state index contributed by atoms with van der Waals surface area (Å²) in [7, 11) is -3.58. The average molecular weight is 443 g/mol. The summed E-state index contributed by atoms with van der Waals surface area (Å²) < 4.78 is 31.2. The number of aryl methyl sites for hydroxylation is 1. The van der Waals surface area contributed by atoms with Crippen molar-refractivity contribution in [3.8, 4) is 5.75 Å². The molecule has 28 heavy (non-hydrogen) atoms. The van der Waals surface area contributed by atoms with E-state index in [1.165, 1.54) is 6.07 Å². The maximum atomic E-state index is 12.5. The number of ether oxygens (including phenoxy) is 1. The molecule has 1 aliphatic heterocycles. The van der Waals surface area contributed by atoms with E-state index in [1.54, 1.807) is 12.1 Å². The predicted molar refractivity (Wildman–Crippen MR) is 111 cm³/mol. The maximum absolute atomic E-state index is 12.5. The van der Waals surface area contributed by atoms with Gasteiger partial charge in [-0.25, -0.2) is 8.42 Å². The normalized spacial score (nSPS) is 16.2. The SMILES string of the molecule is CS(=O)(=O)N1C[C@@H](C(=O)NCCCc2ccc(Cl)cc2)Oc2ccc(Cl)cc21. The first kappa shape index (κ1) is 20.8. The Morgan fingerprint density at radius 3 is 2.54 bits per heavy atom. The summed E-state index contributed by atoms with van der Waals surface area (Å²) in [5, 5.41) is 3.88. The van der Waals surface area contributed by atoms with Gasteiger partial charge in [-0.2, -0.15) is 0 Å². The molecule has 2 aromatic rings. The Kier molecular flexibility index (Phi) is 6.37. The predicted octanol–water partition coefficient (Wildman–Crippen LogP) is 3.27. The highest BCUT2D eigenvalue weighted by molar-refractivity contribution is 7.92. The fraction of sp³-hybridized carbons (Fsp3) is 0.316. The van der Waals surface area contributed by atoms with Crippen LogP contribution in [0.4, 0.5) is 5.69 Å². The molecule has 9 heteroatoms. The third kappa shape index (κ3) is 5.10. The van der Waals surface area contributed by atoms with Gasteiger partial charge in [0.25, 0.3) is 5.91 Å². The van der Waals surface area contributed by atoms with Gasteiger partial charge in [-0.3, -0.25) is 9.10 Å². The summed E-state index contributed by atoms with van der Waals surface area (Å²) in [5.41, 5.74) is 1.46. The standard InChI is InChI=1S/C19H20Cl2N2O4S/c1-28(25,26)23-12-18(27-17-9-8-15(21)11-16(17)23)19(24)22-10-2-3-13-4-6-14(20)7-5-13/h4-9,11,18H,2-3,10,12H2,1H3,(H,22,24)/t18-/m0/s1. The molecule has 1 amide bonds. The van der Waals surface area contributed by atoms with E-state index in [-0.39, 0.29) is 12.5 Å². The summed E-state index contributed by atoms with van der Waals surface area (Å²) in [5.74, 6) is -0.0484. The largest absolute Gasteiger partial charge is 0.476 e. The van der Waals surface area contributed by atoms with Crippen LogP contribution in [0.3, 0.4) is 0 Å². The summed E-state index contributed by atoms with van der Waals surface area (Å²) in [6.45, 7) is 0.350. The molecule has 0 unspecified atom stereocenters. The van der Waals surface area contributed by atoms with Crippen LogP contribution in [0.25, 0.3) is 0 Å². The Morgan fingerprint density at radius 1 is 1.18 bits per heavy atom. The van der Waals surface area contributed by atoms with Gasteiger partial charge in [-0.1, -0.05) is 35.3 Å². The molecular weight excluding hydrogens is 423 g/mol. The number of nitrogens with zero attached hydrogens (tertiary/aromatic N) is 1. The molecule has 1 heterocycles. The second kappa shape index (κ2) is 8.59. The van der Waals surface area contributed by atoms with Gasteiger partial charge in [-0.05, 0) is 48.7 Å². The second-order valence-corrected chi connectivity index (χ2v) is 9.31. The first-order valence-corrected chi connectivity index (χ1v) is 11.3. The Labute approximate surface area is 174 Å². The van der Waals surface area contributed by atoms with Crippen LogP contribution in [0.1, 0.15) is 12.0 Å². The molecule has 0 spiro atoms. The smallest absolute Gasteiger partial charge is 0.263 e. The van der Waals surface area contributed by atoms with Gasteiger partial charge in [-0.15, -0.1) is 0 Å². The molecule has 150 valence electrons. The zero-order chi connectivity index (χ0) is 20.3. The van der Waals surface area contributed by atoms with Crippen molar-refractivity contribution in [2.24, 2.45) is 0 Å². The number of carbonyl (C=O) groups excluding carboxylic acids is 1. The summed E-state index contributed by atoms with van der Waals surface area (Å²) in [6.07, 6.45) is 1.69. The monoisotopic (exact) mass is 442 g/mol. The molecule has 3 rings (SSSR count). The lowest BCUT2D eigenvalue weighted by atomic mass is 10.1. The van der Waals surface area contributed by atoms with Crippen LogP contribution in [0.2, 0.25) is 10.0 Å². The quantitative estimate of drug-likeness (QED) is 0.696. The summed E-state index contributed by atoms with van der Waals surface area (Å²) in [4.78, 5) is 12.5. The van der Waals surface area contributed by atoms with E-state index < -0.39 is 16.1 Å². The van der Waals surface area contributed by atoms with Gasteiger partial charge < -0.3 is 10.1 Å². The first-order valence-electron chi connectivity index (χ1n) is 8.70. The van der Waals surface area contributed by atoms with Crippen LogP contribution < -0.4 is 14.4 Å². The molecule has 0 aromatic heterocycles. The fourth-order valence-electron chi connectivity index (χ4n) is 2.94. The lowest BCUT2D eigenvalue weighted by Gasteiger charge is -2.34. The van der Waals surface area contributed by atoms with Gasteiger partial charge in [0.15, 0.2) is 6.10 Å². The zero-order valence-electron chi connectivity index (χ0n) is 15.2. The molecule has 1 atom stereocenters. The van der Waals surface area contributed by atoms with E-state index in [9.17, 15) is 13.2 Å². The second-order valence-electron chi connectivity index (χ2n) is 6.53. The molecule has 1 N–H and O–H groups in total. The molecule has 2 aromatic carbocycles. The number of anilines is 1. The molecule has 6 nitrogen and oxygen atoms in total. The van der Waals surface area contributed by atoms with E-state index in [1.807, 2.05) is 24.3 Å². The Bertz CT molecular complexity index is 964. The van der Waals surface area contributed by atoms with Crippen molar-refractivity contribution in [1.82, 2.24) is 5.32 Å². The van der Waals surface area contributed by atoms with Gasteiger partial charge in [0.1, 0.15) is 5.75 Å². The van der Waals surface area contributed by atoms with E-state index >= 15 is 0 Å². The number of nitrogens with one attached hydrogen (secondary N) is 1. The number of hydrogen-bond acceptors (Lipinski definition) is 4. The Morgan fingerprint density at radius 2 is 1.86 bits per heavy atom. The summed E-state index contributed by atoms with van der Waals surface area (Å²) >= 11 is 11.8. The average Bonchev–Trinajstić information content (AvgIpc) is 2.64. The molecule has 0 bridgehead atoms. The third-order valence-electron chi connectivity index (χ3n) is 4.34. The topological polar surface area (TPSA) is 75.7 Å². The lowest BCUT2D eigenvalue weighted by molar-refractivity contribution is -0.127. The van der Waals surface area contributed by atoms with Crippen molar-refractivity contribution in [2.45, 2.75) is 18.9 Å². The van der Waals surface area contributed by atoms with Gasteiger partial charge in [0.05, 0.1) is 18.5 Å². The van der Waals surface area contributed by atoms with Crippen molar-refractivity contribution in [3.63, 3.8) is 0 Å². The minimum absolute atomic E-state index is 0.102. The van der Waals surface area contributed by atoms with Gasteiger partial charge >= 0.3 is 0 Å². The van der Waals surface area contributed by atoms with Crippen molar-refractivity contribution < 1.29 is 17.9 Å². The van der Waals surface area contributed by atoms with Crippen molar-refractivity contribution in [3.05, 3.63) is 58.1 Å². The van der Waals surface area contributed by atoms with Gasteiger partial charge in [0.2, 0.25) is 10.0 Å². The lowest BCUT2D eigenvalue weighted by Crippen LogP contribution is -2.50. The van der Waals surface area contributed by atoms with Crippen molar-refractivity contribution in [1.29, 1.82) is 0 Å². The minimum Gasteiger partial charge on any atom is -0.476 e. The number of rotatable bonds is 6. The zero-order valence-corrected chi connectivity index (χ0v) is 17.5. The van der Waals surface area contributed by atoms with Crippen LogP contribution in [0.15, 0.2) is 42.5 Å². The van der Waals surface area contributed by atoms with Crippen LogP contribution in [-0.4, -0.2) is 39.8 Å². The molecule has 0 saturated carbocycles. The number of hydrogen-bond donors (Lipinski definition) is 1. The number of benzene rings is 2. The number of sulfonamides is 1. The van der Waals surface area contributed by atoms with E-state index in [0.29, 0.717) is 28.0 Å². The number of amides is 1. The molecule has 1 aliphatic rings. The highest BCUT2D eigenvalue weighted by Crippen LogP contribution is 2.37. The van der Waals surface area contributed by atoms with E-state index in [4.69, 9.17) is 27.9 Å². The van der Waals surface area contributed by atoms with Crippen molar-refractivity contribution >= 4 is 44.8 Å². The van der Waals surface area contributed by atoms with Crippen LogP contribution in [0, 0.1) is 0 Å². The Balaban J connectivity index is 1.61. The molecule has 0 aliphatic carbocycles. The highest BCUT2D eigenvalue weighted by atomic mass is 35.5. The van der Waals surface area contributed by atoms with Crippen LogP contribution >= 0.6 is 23.2 Å².